The Balaban J connectivity index is 1.64. The summed E-state index contributed by atoms with van der Waals surface area (Å²) in [6.45, 7) is 2.67. The highest BCUT2D eigenvalue weighted by molar-refractivity contribution is 5.97. The minimum atomic E-state index is -0.768. The van der Waals surface area contributed by atoms with Gasteiger partial charge < -0.3 is 15.3 Å². The first-order valence-corrected chi connectivity index (χ1v) is 9.44. The van der Waals surface area contributed by atoms with Crippen molar-refractivity contribution < 1.29 is 14.7 Å². The predicted molar refractivity (Wildman–Crippen MR) is 104 cm³/mol. The molecule has 2 atom stereocenters. The van der Waals surface area contributed by atoms with E-state index in [1.54, 1.807) is 17.0 Å². The number of hydrogen-bond acceptors (Lipinski definition) is 3. The summed E-state index contributed by atoms with van der Waals surface area (Å²) in [6.07, 6.45) is 1.69. The van der Waals surface area contributed by atoms with E-state index in [1.807, 2.05) is 49.4 Å². The van der Waals surface area contributed by atoms with E-state index < -0.39 is 12.1 Å². The van der Waals surface area contributed by atoms with Crippen molar-refractivity contribution in [1.29, 1.82) is 0 Å². The molecule has 0 saturated carbocycles. The summed E-state index contributed by atoms with van der Waals surface area (Å²) in [7, 11) is 0. The lowest BCUT2D eigenvalue weighted by molar-refractivity contribution is -0.127. The summed E-state index contributed by atoms with van der Waals surface area (Å²) in [5.41, 5.74) is 2.43. The number of aliphatic hydroxyl groups excluding tert-OH is 1. The highest BCUT2D eigenvalue weighted by Gasteiger charge is 2.32. The van der Waals surface area contributed by atoms with Crippen molar-refractivity contribution in [2.45, 2.75) is 38.3 Å². The molecule has 142 valence electrons. The van der Waals surface area contributed by atoms with Gasteiger partial charge in [-0.3, -0.25) is 9.59 Å². The summed E-state index contributed by atoms with van der Waals surface area (Å²) >= 11 is 0. The van der Waals surface area contributed by atoms with Crippen molar-refractivity contribution in [3.63, 3.8) is 0 Å². The SMILES string of the molecule is Cc1cccc(C(O)CNC(=O)C2CCCCN2C(=O)c2ccccc2)c1. The molecule has 2 aromatic rings. The van der Waals surface area contributed by atoms with Gasteiger partial charge in [0.15, 0.2) is 0 Å². The highest BCUT2D eigenvalue weighted by atomic mass is 16.3. The molecule has 2 aromatic carbocycles. The molecular weight excluding hydrogens is 340 g/mol. The molecule has 2 unspecified atom stereocenters. The number of rotatable bonds is 5. The molecule has 0 spiro atoms. The van der Waals surface area contributed by atoms with Crippen LogP contribution < -0.4 is 5.32 Å². The van der Waals surface area contributed by atoms with Crippen LogP contribution >= 0.6 is 0 Å². The molecule has 0 aliphatic carbocycles. The van der Waals surface area contributed by atoms with Gasteiger partial charge in [0.1, 0.15) is 6.04 Å². The molecular formula is C22H26N2O3. The molecule has 1 aliphatic rings. The smallest absolute Gasteiger partial charge is 0.254 e. The lowest BCUT2D eigenvalue weighted by Crippen LogP contribution is -2.52. The Bertz CT molecular complexity index is 791. The largest absolute Gasteiger partial charge is 0.387 e. The van der Waals surface area contributed by atoms with Crippen LogP contribution in [0.5, 0.6) is 0 Å². The zero-order valence-corrected chi connectivity index (χ0v) is 15.6. The van der Waals surface area contributed by atoms with E-state index >= 15 is 0 Å². The fourth-order valence-corrected chi connectivity index (χ4v) is 3.50. The van der Waals surface area contributed by atoms with Gasteiger partial charge in [0.05, 0.1) is 6.10 Å². The quantitative estimate of drug-likeness (QED) is 0.855. The van der Waals surface area contributed by atoms with Gasteiger partial charge in [0.2, 0.25) is 5.91 Å². The summed E-state index contributed by atoms with van der Waals surface area (Å²) in [4.78, 5) is 27.2. The fraction of sp³-hybridized carbons (Fsp3) is 0.364. The Morgan fingerprint density at radius 1 is 1.15 bits per heavy atom. The number of nitrogens with zero attached hydrogens (tertiary/aromatic N) is 1. The van der Waals surface area contributed by atoms with Crippen molar-refractivity contribution in [3.8, 4) is 0 Å². The van der Waals surface area contributed by atoms with Gasteiger partial charge in [-0.05, 0) is 43.9 Å². The average molecular weight is 366 g/mol. The van der Waals surface area contributed by atoms with Gasteiger partial charge in [-0.25, -0.2) is 0 Å². The Morgan fingerprint density at radius 3 is 2.67 bits per heavy atom. The highest BCUT2D eigenvalue weighted by Crippen LogP contribution is 2.20. The minimum absolute atomic E-state index is 0.116. The molecule has 3 rings (SSSR count). The van der Waals surface area contributed by atoms with E-state index in [4.69, 9.17) is 0 Å². The maximum absolute atomic E-state index is 12.8. The number of aryl methyl sites for hydroxylation is 1. The summed E-state index contributed by atoms with van der Waals surface area (Å²) < 4.78 is 0. The maximum atomic E-state index is 12.8. The monoisotopic (exact) mass is 366 g/mol. The number of carbonyl (C=O) groups excluding carboxylic acids is 2. The zero-order valence-electron chi connectivity index (χ0n) is 15.6. The molecule has 0 bridgehead atoms. The van der Waals surface area contributed by atoms with Crippen molar-refractivity contribution in [2.24, 2.45) is 0 Å². The van der Waals surface area contributed by atoms with E-state index in [0.717, 1.165) is 24.0 Å². The predicted octanol–water partition coefficient (Wildman–Crippen LogP) is 2.84. The van der Waals surface area contributed by atoms with Crippen LogP contribution in [-0.2, 0) is 4.79 Å². The molecule has 2 N–H and O–H groups in total. The summed E-state index contributed by atoms with van der Waals surface area (Å²) in [6, 6.07) is 16.2. The number of likely N-dealkylation sites (tertiary alicyclic amines) is 1. The third kappa shape index (κ3) is 4.74. The van der Waals surface area contributed by atoms with Gasteiger partial charge in [-0.15, -0.1) is 0 Å². The number of nitrogens with one attached hydrogen (secondary N) is 1. The van der Waals surface area contributed by atoms with E-state index in [1.165, 1.54) is 0 Å². The third-order valence-electron chi connectivity index (χ3n) is 4.98. The zero-order chi connectivity index (χ0) is 19.2. The van der Waals surface area contributed by atoms with Crippen LogP contribution in [0.3, 0.4) is 0 Å². The summed E-state index contributed by atoms with van der Waals surface area (Å²) in [5, 5.41) is 13.2. The fourth-order valence-electron chi connectivity index (χ4n) is 3.50. The molecule has 5 heteroatoms. The molecule has 27 heavy (non-hydrogen) atoms. The topological polar surface area (TPSA) is 69.6 Å². The second-order valence-corrected chi connectivity index (χ2v) is 7.05. The second-order valence-electron chi connectivity index (χ2n) is 7.05. The van der Waals surface area contributed by atoms with Crippen molar-refractivity contribution in [2.75, 3.05) is 13.1 Å². The molecule has 0 radical (unpaired) electrons. The van der Waals surface area contributed by atoms with Crippen LogP contribution in [-0.4, -0.2) is 41.0 Å². The normalized spacial score (nSPS) is 18.0. The van der Waals surface area contributed by atoms with Crippen LogP contribution in [0.25, 0.3) is 0 Å². The molecule has 1 fully saturated rings. The first-order valence-electron chi connectivity index (χ1n) is 9.44. The Hall–Kier alpha value is -2.66. The molecule has 5 nitrogen and oxygen atoms in total. The van der Waals surface area contributed by atoms with Crippen molar-refractivity contribution in [1.82, 2.24) is 10.2 Å². The van der Waals surface area contributed by atoms with E-state index in [-0.39, 0.29) is 18.4 Å². The number of hydrogen-bond donors (Lipinski definition) is 2. The molecule has 1 saturated heterocycles. The number of amides is 2. The number of piperidine rings is 1. The van der Waals surface area contributed by atoms with Crippen molar-refractivity contribution >= 4 is 11.8 Å². The number of carbonyl (C=O) groups is 2. The second kappa shape index (κ2) is 8.82. The molecule has 1 heterocycles. The Labute approximate surface area is 160 Å². The maximum Gasteiger partial charge on any atom is 0.254 e. The van der Waals surface area contributed by atoms with Crippen LogP contribution in [0.4, 0.5) is 0 Å². The van der Waals surface area contributed by atoms with Gasteiger partial charge in [-0.2, -0.15) is 0 Å². The minimum Gasteiger partial charge on any atom is -0.387 e. The molecule has 1 aliphatic heterocycles. The van der Waals surface area contributed by atoms with E-state index in [9.17, 15) is 14.7 Å². The first kappa shape index (κ1) is 19.1. The number of benzene rings is 2. The Kier molecular flexibility index (Phi) is 6.24. The van der Waals surface area contributed by atoms with Crippen LogP contribution in [0.2, 0.25) is 0 Å². The van der Waals surface area contributed by atoms with E-state index in [0.29, 0.717) is 18.5 Å². The van der Waals surface area contributed by atoms with E-state index in [2.05, 4.69) is 5.32 Å². The van der Waals surface area contributed by atoms with Crippen molar-refractivity contribution in [3.05, 3.63) is 71.3 Å². The standard InChI is InChI=1S/C22H26N2O3/c1-16-8-7-11-18(14-16)20(25)15-23-21(26)19-12-5-6-13-24(19)22(27)17-9-3-2-4-10-17/h2-4,7-11,14,19-20,25H,5-6,12-13,15H2,1H3,(H,23,26). The average Bonchev–Trinajstić information content (AvgIpc) is 2.72. The van der Waals surface area contributed by atoms with Gasteiger partial charge in [0, 0.05) is 18.7 Å². The van der Waals surface area contributed by atoms with Gasteiger partial charge >= 0.3 is 0 Å². The molecule has 2 amide bonds. The molecule has 0 aromatic heterocycles. The van der Waals surface area contributed by atoms with Crippen LogP contribution in [0.1, 0.15) is 46.9 Å². The van der Waals surface area contributed by atoms with Gasteiger partial charge in [0.25, 0.3) is 5.91 Å². The lowest BCUT2D eigenvalue weighted by Gasteiger charge is -2.35. The van der Waals surface area contributed by atoms with Crippen LogP contribution in [0, 0.1) is 6.92 Å². The number of aliphatic hydroxyl groups is 1. The third-order valence-corrected chi connectivity index (χ3v) is 4.98. The lowest BCUT2D eigenvalue weighted by atomic mass is 9.99. The summed E-state index contributed by atoms with van der Waals surface area (Å²) in [5.74, 6) is -0.319. The Morgan fingerprint density at radius 2 is 1.93 bits per heavy atom. The van der Waals surface area contributed by atoms with Gasteiger partial charge in [-0.1, -0.05) is 48.0 Å². The first-order chi connectivity index (χ1) is 13.1. The van der Waals surface area contributed by atoms with Crippen LogP contribution in [0.15, 0.2) is 54.6 Å².